The lowest BCUT2D eigenvalue weighted by Gasteiger charge is -2.13. The molecule has 0 saturated carbocycles. The van der Waals surface area contributed by atoms with Gasteiger partial charge in [0.1, 0.15) is 0 Å². The van der Waals surface area contributed by atoms with E-state index >= 15 is 0 Å². The third kappa shape index (κ3) is 3.26. The number of thiocarbonyl (C=S) groups is 1. The van der Waals surface area contributed by atoms with Crippen LogP contribution in [0.2, 0.25) is 0 Å². The van der Waals surface area contributed by atoms with E-state index in [4.69, 9.17) is 27.4 Å². The third-order valence-corrected chi connectivity index (χ3v) is 3.51. The Balaban J connectivity index is 2.81. The Morgan fingerprint density at radius 2 is 1.83 bits per heavy atom. The minimum Gasteiger partial charge on any atom is -0.493 e. The first kappa shape index (κ1) is 16.8. The molecule has 1 heterocycles. The molecule has 0 aliphatic heterocycles. The summed E-state index contributed by atoms with van der Waals surface area (Å²) in [5, 5.41) is 5.60. The minimum atomic E-state index is -0.256. The zero-order chi connectivity index (χ0) is 17.1. The highest BCUT2D eigenvalue weighted by atomic mass is 32.1. The molecule has 1 aromatic carbocycles. The number of H-pyrrole nitrogens is 1. The van der Waals surface area contributed by atoms with Gasteiger partial charge in [-0.1, -0.05) is 0 Å². The molecule has 8 heteroatoms. The number of hydrazone groups is 1. The molecule has 0 spiro atoms. The average molecular weight is 334 g/mol. The smallest absolute Gasteiger partial charge is 0.257 e. The van der Waals surface area contributed by atoms with E-state index in [1.54, 1.807) is 27.2 Å². The Hall–Kier alpha value is -2.61. The summed E-state index contributed by atoms with van der Waals surface area (Å²) in [5.41, 5.74) is 9.20. The molecule has 2 aromatic rings. The van der Waals surface area contributed by atoms with Crippen molar-refractivity contribution in [2.45, 2.75) is 13.8 Å². The summed E-state index contributed by atoms with van der Waals surface area (Å²) >= 11 is 4.72. The van der Waals surface area contributed by atoms with E-state index in [0.717, 1.165) is 11.1 Å². The minimum absolute atomic E-state index is 0.0245. The molecule has 0 bridgehead atoms. The molecule has 0 atom stereocenters. The molecule has 2 rings (SSSR count). The summed E-state index contributed by atoms with van der Waals surface area (Å²) in [4.78, 5) is 15.2. The fraction of sp³-hybridized carbons (Fsp3) is 0.267. The van der Waals surface area contributed by atoms with E-state index in [2.05, 4.69) is 15.5 Å². The number of nitrogens with two attached hydrogens (primary N) is 1. The Labute approximate surface area is 138 Å². The van der Waals surface area contributed by atoms with Crippen LogP contribution in [-0.4, -0.2) is 30.0 Å². The fourth-order valence-corrected chi connectivity index (χ4v) is 2.42. The van der Waals surface area contributed by atoms with Crippen LogP contribution in [0, 0.1) is 6.92 Å². The third-order valence-electron chi connectivity index (χ3n) is 3.42. The Morgan fingerprint density at radius 3 is 2.35 bits per heavy atom. The van der Waals surface area contributed by atoms with Gasteiger partial charge in [-0.3, -0.25) is 10.2 Å². The van der Waals surface area contributed by atoms with Gasteiger partial charge in [0.15, 0.2) is 16.6 Å². The van der Waals surface area contributed by atoms with Crippen molar-refractivity contribution in [3.8, 4) is 11.5 Å². The quantitative estimate of drug-likeness (QED) is 0.444. The van der Waals surface area contributed by atoms with E-state index in [9.17, 15) is 4.79 Å². The zero-order valence-corrected chi connectivity index (χ0v) is 14.1. The summed E-state index contributed by atoms with van der Waals surface area (Å²) in [7, 11) is 3.10. The first-order valence-electron chi connectivity index (χ1n) is 6.77. The maximum Gasteiger partial charge on any atom is 0.257 e. The average Bonchev–Trinajstić information content (AvgIpc) is 2.51. The first-order chi connectivity index (χ1) is 10.9. The molecule has 23 heavy (non-hydrogen) atoms. The van der Waals surface area contributed by atoms with Crippen molar-refractivity contribution in [1.29, 1.82) is 0 Å². The van der Waals surface area contributed by atoms with Crippen molar-refractivity contribution in [2.75, 3.05) is 14.2 Å². The van der Waals surface area contributed by atoms with Crippen LogP contribution < -0.4 is 26.2 Å². The second-order valence-electron chi connectivity index (χ2n) is 4.88. The lowest BCUT2D eigenvalue weighted by atomic mass is 10.0. The molecule has 0 aliphatic carbocycles. The summed E-state index contributed by atoms with van der Waals surface area (Å²) < 4.78 is 10.6. The normalized spacial score (nSPS) is 11.4. The zero-order valence-electron chi connectivity index (χ0n) is 13.3. The topological polar surface area (TPSA) is 102 Å². The standard InChI is InChI=1S/C15H18N4O3S/c1-7-9-5-11(21-3)12(22-4)6-10(9)13(14(20)17-7)8(2)18-19-15(16)23/h5-6H,1-4H3,(H,17,20)(H3,16,19,23). The van der Waals surface area contributed by atoms with Gasteiger partial charge in [0.2, 0.25) is 0 Å². The number of methoxy groups -OCH3 is 2. The maximum atomic E-state index is 12.4. The Morgan fingerprint density at radius 1 is 1.26 bits per heavy atom. The lowest BCUT2D eigenvalue weighted by Crippen LogP contribution is -2.27. The van der Waals surface area contributed by atoms with Crippen LogP contribution in [0.4, 0.5) is 0 Å². The second kappa shape index (κ2) is 6.66. The molecule has 0 radical (unpaired) electrons. The second-order valence-corrected chi connectivity index (χ2v) is 5.32. The number of nitrogens with zero attached hydrogens (tertiary/aromatic N) is 1. The van der Waals surface area contributed by atoms with Crippen molar-refractivity contribution in [3.63, 3.8) is 0 Å². The Bertz CT molecular complexity index is 858. The number of aryl methyl sites for hydroxylation is 1. The van der Waals surface area contributed by atoms with Crippen LogP contribution in [0.3, 0.4) is 0 Å². The van der Waals surface area contributed by atoms with Crippen LogP contribution in [0.1, 0.15) is 18.2 Å². The van der Waals surface area contributed by atoms with Crippen LogP contribution in [0.25, 0.3) is 10.8 Å². The van der Waals surface area contributed by atoms with E-state index in [1.165, 1.54) is 0 Å². The Kier molecular flexibility index (Phi) is 4.85. The molecule has 122 valence electrons. The van der Waals surface area contributed by atoms with Gasteiger partial charge in [0, 0.05) is 16.5 Å². The highest BCUT2D eigenvalue weighted by molar-refractivity contribution is 7.80. The van der Waals surface area contributed by atoms with Crippen molar-refractivity contribution in [3.05, 3.63) is 33.7 Å². The molecule has 0 aliphatic rings. The molecule has 0 saturated heterocycles. The van der Waals surface area contributed by atoms with Crippen molar-refractivity contribution in [2.24, 2.45) is 10.8 Å². The lowest BCUT2D eigenvalue weighted by molar-refractivity contribution is 0.356. The summed E-state index contributed by atoms with van der Waals surface area (Å²) in [6.07, 6.45) is 0. The molecule has 1 aromatic heterocycles. The van der Waals surface area contributed by atoms with Crippen molar-refractivity contribution >= 4 is 33.8 Å². The number of hydrogen-bond donors (Lipinski definition) is 3. The van der Waals surface area contributed by atoms with E-state index < -0.39 is 0 Å². The summed E-state index contributed by atoms with van der Waals surface area (Å²) in [6.45, 7) is 3.51. The molecule has 4 N–H and O–H groups in total. The maximum absolute atomic E-state index is 12.4. The SMILES string of the molecule is COc1cc2c(C)[nH]c(=O)c(C(C)=NNC(N)=S)c2cc1OC. The molecular weight excluding hydrogens is 316 g/mol. The number of fused-ring (bicyclic) bond motifs is 1. The summed E-state index contributed by atoms with van der Waals surface area (Å²) in [6, 6.07) is 3.57. The molecule has 7 nitrogen and oxygen atoms in total. The van der Waals surface area contributed by atoms with Gasteiger partial charge < -0.3 is 20.2 Å². The van der Waals surface area contributed by atoms with Crippen molar-refractivity contribution in [1.82, 2.24) is 10.4 Å². The number of aromatic nitrogens is 1. The first-order valence-corrected chi connectivity index (χ1v) is 7.18. The highest BCUT2D eigenvalue weighted by Crippen LogP contribution is 2.33. The number of rotatable bonds is 4. The number of aromatic amines is 1. The molecular formula is C15H18N4O3S. The monoisotopic (exact) mass is 334 g/mol. The van der Waals surface area contributed by atoms with Gasteiger partial charge in [-0.15, -0.1) is 0 Å². The van der Waals surface area contributed by atoms with Gasteiger partial charge in [0.25, 0.3) is 5.56 Å². The van der Waals surface area contributed by atoms with Gasteiger partial charge in [-0.05, 0) is 38.2 Å². The molecule has 0 fully saturated rings. The van der Waals surface area contributed by atoms with E-state index in [-0.39, 0.29) is 10.7 Å². The predicted molar refractivity (Wildman–Crippen MR) is 94.5 cm³/mol. The van der Waals surface area contributed by atoms with E-state index in [1.807, 2.05) is 13.0 Å². The summed E-state index contributed by atoms with van der Waals surface area (Å²) in [5.74, 6) is 1.11. The van der Waals surface area contributed by atoms with Gasteiger partial charge >= 0.3 is 0 Å². The number of nitrogens with one attached hydrogen (secondary N) is 2. The van der Waals surface area contributed by atoms with Crippen LogP contribution in [0.15, 0.2) is 22.0 Å². The van der Waals surface area contributed by atoms with Crippen LogP contribution >= 0.6 is 12.2 Å². The van der Waals surface area contributed by atoms with Gasteiger partial charge in [0.05, 0.1) is 25.5 Å². The van der Waals surface area contributed by atoms with E-state index in [0.29, 0.717) is 28.2 Å². The molecule has 0 unspecified atom stereocenters. The number of benzene rings is 1. The number of pyridine rings is 1. The highest BCUT2D eigenvalue weighted by Gasteiger charge is 2.16. The molecule has 0 amide bonds. The predicted octanol–water partition coefficient (Wildman–Crippen LogP) is 1.41. The fourth-order valence-electron chi connectivity index (χ4n) is 2.37. The van der Waals surface area contributed by atoms with Gasteiger partial charge in [-0.2, -0.15) is 5.10 Å². The largest absolute Gasteiger partial charge is 0.493 e. The van der Waals surface area contributed by atoms with Gasteiger partial charge in [-0.25, -0.2) is 0 Å². The number of ether oxygens (including phenoxy) is 2. The number of hydrogen-bond acceptors (Lipinski definition) is 5. The van der Waals surface area contributed by atoms with Crippen LogP contribution in [-0.2, 0) is 0 Å². The van der Waals surface area contributed by atoms with Crippen LogP contribution in [0.5, 0.6) is 11.5 Å². The van der Waals surface area contributed by atoms with Crippen molar-refractivity contribution < 1.29 is 9.47 Å².